The van der Waals surface area contributed by atoms with Crippen LogP contribution in [0.15, 0.2) is 71.6 Å². The minimum absolute atomic E-state index is 0.00765. The quantitative estimate of drug-likeness (QED) is 0.476. The van der Waals surface area contributed by atoms with Gasteiger partial charge in [0, 0.05) is 10.6 Å². The van der Waals surface area contributed by atoms with Crippen LogP contribution in [-0.2, 0) is 16.4 Å². The minimum Gasteiger partial charge on any atom is -0.492 e. The zero-order chi connectivity index (χ0) is 22.4. The molecule has 0 bridgehead atoms. The van der Waals surface area contributed by atoms with Crippen LogP contribution in [0, 0.1) is 0 Å². The maximum absolute atomic E-state index is 13.0. The average molecular weight is 459 g/mol. The highest BCUT2D eigenvalue weighted by molar-refractivity contribution is 7.92. The van der Waals surface area contributed by atoms with Gasteiger partial charge in [-0.25, -0.2) is 8.42 Å². The van der Waals surface area contributed by atoms with Gasteiger partial charge in [0.15, 0.2) is 0 Å². The van der Waals surface area contributed by atoms with Gasteiger partial charge in [-0.1, -0.05) is 36.7 Å². The lowest BCUT2D eigenvalue weighted by Gasteiger charge is -2.15. The first-order chi connectivity index (χ1) is 14.8. The number of aryl methyl sites for hydroxylation is 1. The molecule has 2 N–H and O–H groups in total. The molecule has 0 aromatic heterocycles. The monoisotopic (exact) mass is 458 g/mol. The van der Waals surface area contributed by atoms with E-state index in [-0.39, 0.29) is 10.6 Å². The zero-order valence-electron chi connectivity index (χ0n) is 17.2. The van der Waals surface area contributed by atoms with Gasteiger partial charge in [-0.05, 0) is 67.4 Å². The molecule has 0 saturated carbocycles. The van der Waals surface area contributed by atoms with E-state index in [1.165, 1.54) is 18.2 Å². The summed E-state index contributed by atoms with van der Waals surface area (Å²) in [6.45, 7) is 4.12. The van der Waals surface area contributed by atoms with E-state index in [0.717, 1.165) is 5.56 Å². The van der Waals surface area contributed by atoms with Crippen molar-refractivity contribution in [1.82, 2.24) is 0 Å². The Morgan fingerprint density at radius 2 is 1.68 bits per heavy atom. The molecule has 6 nitrogen and oxygen atoms in total. The second-order valence-corrected chi connectivity index (χ2v) is 8.79. The van der Waals surface area contributed by atoms with Crippen molar-refractivity contribution in [2.45, 2.75) is 25.2 Å². The lowest BCUT2D eigenvalue weighted by molar-refractivity contribution is 0.102. The van der Waals surface area contributed by atoms with Crippen LogP contribution in [0.3, 0.4) is 0 Å². The van der Waals surface area contributed by atoms with Crippen molar-refractivity contribution < 1.29 is 17.9 Å². The summed E-state index contributed by atoms with van der Waals surface area (Å²) in [5.41, 5.74) is 2.04. The van der Waals surface area contributed by atoms with Crippen LogP contribution in [0.2, 0.25) is 5.02 Å². The fourth-order valence-corrected chi connectivity index (χ4v) is 4.24. The van der Waals surface area contributed by atoms with E-state index in [1.54, 1.807) is 43.3 Å². The molecule has 3 aromatic carbocycles. The number of halogens is 1. The third kappa shape index (κ3) is 5.57. The van der Waals surface area contributed by atoms with Gasteiger partial charge in [-0.15, -0.1) is 0 Å². The Balaban J connectivity index is 1.93. The van der Waals surface area contributed by atoms with E-state index >= 15 is 0 Å². The summed E-state index contributed by atoms with van der Waals surface area (Å²) < 4.78 is 34.2. The number of carbonyl (C=O) groups is 1. The van der Waals surface area contributed by atoms with Crippen molar-refractivity contribution >= 4 is 38.9 Å². The maximum Gasteiger partial charge on any atom is 0.261 e. The van der Waals surface area contributed by atoms with Crippen LogP contribution in [-0.4, -0.2) is 20.9 Å². The standard InChI is InChI=1S/C23H23ClN2O4S/c1-3-16-7-5-6-8-20(16)26-31(28,29)19-13-14-22(30-4-2)21(15-19)25-23(27)17-9-11-18(24)12-10-17/h5-15,26H,3-4H2,1-2H3,(H,25,27). The van der Waals surface area contributed by atoms with Gasteiger partial charge in [-0.3, -0.25) is 9.52 Å². The Hall–Kier alpha value is -3.03. The van der Waals surface area contributed by atoms with Crippen molar-refractivity contribution in [2.24, 2.45) is 0 Å². The predicted octanol–water partition coefficient (Wildman–Crippen LogP) is 5.35. The van der Waals surface area contributed by atoms with Gasteiger partial charge in [0.2, 0.25) is 0 Å². The molecule has 162 valence electrons. The number of hydrogen-bond donors (Lipinski definition) is 2. The van der Waals surface area contributed by atoms with Crippen LogP contribution >= 0.6 is 11.6 Å². The highest BCUT2D eigenvalue weighted by Gasteiger charge is 2.19. The second kappa shape index (κ2) is 9.85. The van der Waals surface area contributed by atoms with Gasteiger partial charge >= 0.3 is 0 Å². The maximum atomic E-state index is 13.0. The Morgan fingerprint density at radius 3 is 2.35 bits per heavy atom. The Bertz CT molecular complexity index is 1180. The zero-order valence-corrected chi connectivity index (χ0v) is 18.8. The van der Waals surface area contributed by atoms with Crippen LogP contribution in [0.5, 0.6) is 5.75 Å². The molecular weight excluding hydrogens is 436 g/mol. The number of anilines is 2. The molecule has 1 amide bonds. The summed E-state index contributed by atoms with van der Waals surface area (Å²) in [7, 11) is -3.88. The van der Waals surface area contributed by atoms with Gasteiger partial charge in [0.1, 0.15) is 5.75 Å². The van der Waals surface area contributed by atoms with Crippen molar-refractivity contribution in [2.75, 3.05) is 16.6 Å². The number of para-hydroxylation sites is 1. The Morgan fingerprint density at radius 1 is 0.968 bits per heavy atom. The number of rotatable bonds is 8. The highest BCUT2D eigenvalue weighted by Crippen LogP contribution is 2.30. The topological polar surface area (TPSA) is 84.5 Å². The van der Waals surface area contributed by atoms with Crippen LogP contribution in [0.1, 0.15) is 29.8 Å². The molecule has 0 aliphatic rings. The highest BCUT2D eigenvalue weighted by atomic mass is 35.5. The molecule has 0 radical (unpaired) electrons. The molecule has 0 fully saturated rings. The summed E-state index contributed by atoms with van der Waals surface area (Å²) in [4.78, 5) is 12.7. The molecule has 0 aliphatic carbocycles. The molecule has 3 rings (SSSR count). The number of amides is 1. The summed E-state index contributed by atoms with van der Waals surface area (Å²) in [5, 5.41) is 3.24. The Kier molecular flexibility index (Phi) is 7.20. The number of nitrogens with one attached hydrogen (secondary N) is 2. The van der Waals surface area contributed by atoms with E-state index in [9.17, 15) is 13.2 Å². The Labute approximate surface area is 187 Å². The molecular formula is C23H23ClN2O4S. The lowest BCUT2D eigenvalue weighted by atomic mass is 10.1. The third-order valence-electron chi connectivity index (χ3n) is 4.56. The molecule has 0 saturated heterocycles. The van der Waals surface area contributed by atoms with Crippen LogP contribution in [0.25, 0.3) is 0 Å². The smallest absolute Gasteiger partial charge is 0.261 e. The number of ether oxygens (including phenoxy) is 1. The largest absolute Gasteiger partial charge is 0.492 e. The normalized spacial score (nSPS) is 11.1. The van der Waals surface area contributed by atoms with E-state index in [2.05, 4.69) is 10.0 Å². The van der Waals surface area contributed by atoms with E-state index in [4.69, 9.17) is 16.3 Å². The van der Waals surface area contributed by atoms with Gasteiger partial charge < -0.3 is 10.1 Å². The minimum atomic E-state index is -3.88. The number of sulfonamides is 1. The van der Waals surface area contributed by atoms with Gasteiger partial charge in [-0.2, -0.15) is 0 Å². The van der Waals surface area contributed by atoms with Crippen molar-refractivity contribution in [3.8, 4) is 5.75 Å². The first-order valence-electron chi connectivity index (χ1n) is 9.78. The first kappa shape index (κ1) is 22.7. The first-order valence-corrected chi connectivity index (χ1v) is 11.6. The SMILES string of the molecule is CCOc1ccc(S(=O)(=O)Nc2ccccc2CC)cc1NC(=O)c1ccc(Cl)cc1. The summed E-state index contributed by atoms with van der Waals surface area (Å²) >= 11 is 5.88. The van der Waals surface area contributed by atoms with Gasteiger partial charge in [0.25, 0.3) is 15.9 Å². The van der Waals surface area contributed by atoms with E-state index in [0.29, 0.717) is 35.1 Å². The number of carbonyl (C=O) groups excluding carboxylic acids is 1. The number of benzene rings is 3. The van der Waals surface area contributed by atoms with Crippen molar-refractivity contribution in [1.29, 1.82) is 0 Å². The molecule has 0 unspecified atom stereocenters. The molecule has 31 heavy (non-hydrogen) atoms. The molecule has 3 aromatic rings. The molecule has 0 atom stereocenters. The summed E-state index contributed by atoms with van der Waals surface area (Å²) in [5.74, 6) is -0.0332. The summed E-state index contributed by atoms with van der Waals surface area (Å²) in [6.07, 6.45) is 0.685. The lowest BCUT2D eigenvalue weighted by Crippen LogP contribution is -2.16. The third-order valence-corrected chi connectivity index (χ3v) is 6.17. The molecule has 0 aliphatic heterocycles. The van der Waals surface area contributed by atoms with E-state index in [1.807, 2.05) is 19.1 Å². The molecule has 0 spiro atoms. The molecule has 8 heteroatoms. The van der Waals surface area contributed by atoms with Crippen molar-refractivity contribution in [3.05, 3.63) is 82.9 Å². The van der Waals surface area contributed by atoms with Crippen molar-refractivity contribution in [3.63, 3.8) is 0 Å². The molecule has 0 heterocycles. The predicted molar refractivity (Wildman–Crippen MR) is 124 cm³/mol. The fraction of sp³-hybridized carbons (Fsp3) is 0.174. The fourth-order valence-electron chi connectivity index (χ4n) is 2.98. The summed E-state index contributed by atoms with van der Waals surface area (Å²) in [6, 6.07) is 18.0. The van der Waals surface area contributed by atoms with Crippen LogP contribution in [0.4, 0.5) is 11.4 Å². The average Bonchev–Trinajstić information content (AvgIpc) is 2.75. The van der Waals surface area contributed by atoms with E-state index < -0.39 is 15.9 Å². The second-order valence-electron chi connectivity index (χ2n) is 6.67. The van der Waals surface area contributed by atoms with Gasteiger partial charge in [0.05, 0.1) is 22.9 Å². The number of hydrogen-bond acceptors (Lipinski definition) is 4. The van der Waals surface area contributed by atoms with Crippen LogP contribution < -0.4 is 14.8 Å².